The van der Waals surface area contributed by atoms with Crippen molar-refractivity contribution in [1.29, 1.82) is 0 Å². The van der Waals surface area contributed by atoms with E-state index in [1.807, 2.05) is 30.3 Å². The number of likely N-dealkylation sites (tertiary alicyclic amines) is 1. The Morgan fingerprint density at radius 1 is 1.18 bits per heavy atom. The SMILES string of the molecule is COc1ccc([C@@H]2CN(C(=O)CCc3cccc(F)c3)C[C@H]2NC(C)=O)cc1. The molecule has 0 unspecified atom stereocenters. The topological polar surface area (TPSA) is 58.6 Å². The Morgan fingerprint density at radius 3 is 2.57 bits per heavy atom. The summed E-state index contributed by atoms with van der Waals surface area (Å²) >= 11 is 0. The number of carbonyl (C=O) groups excluding carboxylic acids is 2. The van der Waals surface area contributed by atoms with Crippen LogP contribution in [0, 0.1) is 5.82 Å². The van der Waals surface area contributed by atoms with E-state index in [1.165, 1.54) is 19.1 Å². The molecule has 0 spiro atoms. The molecular formula is C22H25FN2O3. The number of benzene rings is 2. The second kappa shape index (κ2) is 8.87. The molecule has 0 aromatic heterocycles. The molecule has 1 aliphatic heterocycles. The van der Waals surface area contributed by atoms with Gasteiger partial charge in [-0.1, -0.05) is 24.3 Å². The molecule has 2 aromatic rings. The minimum Gasteiger partial charge on any atom is -0.497 e. The first-order chi connectivity index (χ1) is 13.5. The van der Waals surface area contributed by atoms with Crippen LogP contribution in [0.2, 0.25) is 0 Å². The number of hydrogen-bond acceptors (Lipinski definition) is 3. The summed E-state index contributed by atoms with van der Waals surface area (Å²) in [6, 6.07) is 13.9. The molecule has 28 heavy (non-hydrogen) atoms. The molecular weight excluding hydrogens is 359 g/mol. The van der Waals surface area contributed by atoms with E-state index >= 15 is 0 Å². The van der Waals surface area contributed by atoms with Crippen LogP contribution in [0.1, 0.15) is 30.4 Å². The molecule has 2 amide bonds. The minimum absolute atomic E-state index is 0.00984. The number of aryl methyl sites for hydroxylation is 1. The fourth-order valence-corrected chi connectivity index (χ4v) is 3.71. The second-order valence-corrected chi connectivity index (χ2v) is 7.12. The van der Waals surface area contributed by atoms with Crippen LogP contribution in [0.5, 0.6) is 5.75 Å². The molecule has 6 heteroatoms. The van der Waals surface area contributed by atoms with Crippen molar-refractivity contribution in [3.05, 3.63) is 65.5 Å². The van der Waals surface area contributed by atoms with Gasteiger partial charge in [0.15, 0.2) is 0 Å². The summed E-state index contributed by atoms with van der Waals surface area (Å²) in [6.45, 7) is 2.50. The van der Waals surface area contributed by atoms with Crippen LogP contribution < -0.4 is 10.1 Å². The van der Waals surface area contributed by atoms with Crippen molar-refractivity contribution in [2.45, 2.75) is 31.7 Å². The molecule has 1 N–H and O–H groups in total. The lowest BCUT2D eigenvalue weighted by Gasteiger charge is -2.19. The molecule has 0 aliphatic carbocycles. The predicted molar refractivity (Wildman–Crippen MR) is 105 cm³/mol. The second-order valence-electron chi connectivity index (χ2n) is 7.12. The van der Waals surface area contributed by atoms with Crippen LogP contribution in [0.4, 0.5) is 4.39 Å². The van der Waals surface area contributed by atoms with Gasteiger partial charge in [-0.2, -0.15) is 0 Å². The Kier molecular flexibility index (Phi) is 6.29. The molecule has 3 rings (SSSR count). The third-order valence-electron chi connectivity index (χ3n) is 5.12. The average molecular weight is 384 g/mol. The monoisotopic (exact) mass is 384 g/mol. The number of nitrogens with zero attached hydrogens (tertiary/aromatic N) is 1. The van der Waals surface area contributed by atoms with Gasteiger partial charge >= 0.3 is 0 Å². The predicted octanol–water partition coefficient (Wildman–Crippen LogP) is 2.90. The van der Waals surface area contributed by atoms with Crippen LogP contribution in [0.3, 0.4) is 0 Å². The number of rotatable bonds is 6. The summed E-state index contributed by atoms with van der Waals surface area (Å²) in [5, 5.41) is 2.97. The first kappa shape index (κ1) is 19.9. The molecule has 148 valence electrons. The summed E-state index contributed by atoms with van der Waals surface area (Å²) in [6.07, 6.45) is 0.802. The molecule has 1 saturated heterocycles. The highest BCUT2D eigenvalue weighted by Crippen LogP contribution is 2.29. The fraction of sp³-hybridized carbons (Fsp3) is 0.364. The van der Waals surface area contributed by atoms with Crippen LogP contribution in [-0.4, -0.2) is 43.0 Å². The first-order valence-corrected chi connectivity index (χ1v) is 9.39. The maximum atomic E-state index is 13.3. The highest BCUT2D eigenvalue weighted by atomic mass is 19.1. The number of hydrogen-bond donors (Lipinski definition) is 1. The van der Waals surface area contributed by atoms with E-state index in [9.17, 15) is 14.0 Å². The van der Waals surface area contributed by atoms with Crippen LogP contribution in [0.25, 0.3) is 0 Å². The first-order valence-electron chi connectivity index (χ1n) is 9.39. The maximum absolute atomic E-state index is 13.3. The Morgan fingerprint density at radius 2 is 1.93 bits per heavy atom. The zero-order chi connectivity index (χ0) is 20.1. The molecule has 5 nitrogen and oxygen atoms in total. The minimum atomic E-state index is -0.295. The number of ether oxygens (including phenoxy) is 1. The Labute approximate surface area is 164 Å². The van der Waals surface area contributed by atoms with Gasteiger partial charge in [0, 0.05) is 32.4 Å². The van der Waals surface area contributed by atoms with Gasteiger partial charge in [-0.25, -0.2) is 4.39 Å². The van der Waals surface area contributed by atoms with Gasteiger partial charge in [-0.05, 0) is 41.8 Å². The molecule has 1 aliphatic rings. The van der Waals surface area contributed by atoms with Crippen LogP contribution in [-0.2, 0) is 16.0 Å². The lowest BCUT2D eigenvalue weighted by atomic mass is 9.94. The fourth-order valence-electron chi connectivity index (χ4n) is 3.71. The van der Waals surface area contributed by atoms with Gasteiger partial charge in [0.1, 0.15) is 11.6 Å². The number of halogens is 1. The lowest BCUT2D eigenvalue weighted by molar-refractivity contribution is -0.130. The third-order valence-corrected chi connectivity index (χ3v) is 5.12. The Bertz CT molecular complexity index is 838. The van der Waals surface area contributed by atoms with Crippen molar-refractivity contribution in [2.24, 2.45) is 0 Å². The zero-order valence-electron chi connectivity index (χ0n) is 16.2. The summed E-state index contributed by atoms with van der Waals surface area (Å²) < 4.78 is 18.5. The van der Waals surface area contributed by atoms with Crippen LogP contribution >= 0.6 is 0 Å². The van der Waals surface area contributed by atoms with E-state index in [0.717, 1.165) is 16.9 Å². The number of carbonyl (C=O) groups is 2. The van der Waals surface area contributed by atoms with E-state index in [1.54, 1.807) is 18.1 Å². The molecule has 0 radical (unpaired) electrons. The summed E-state index contributed by atoms with van der Waals surface area (Å²) in [4.78, 5) is 26.1. The molecule has 0 saturated carbocycles. The molecule has 1 heterocycles. The Balaban J connectivity index is 1.68. The van der Waals surface area contributed by atoms with Gasteiger partial charge in [-0.15, -0.1) is 0 Å². The van der Waals surface area contributed by atoms with E-state index < -0.39 is 0 Å². The molecule has 0 bridgehead atoms. The number of methoxy groups -OCH3 is 1. The van der Waals surface area contributed by atoms with Crippen molar-refractivity contribution in [3.8, 4) is 5.75 Å². The van der Waals surface area contributed by atoms with Crippen molar-refractivity contribution in [1.82, 2.24) is 10.2 Å². The maximum Gasteiger partial charge on any atom is 0.222 e. The molecule has 1 fully saturated rings. The normalized spacial score (nSPS) is 18.8. The largest absolute Gasteiger partial charge is 0.497 e. The molecule has 2 aromatic carbocycles. The van der Waals surface area contributed by atoms with E-state index in [2.05, 4.69) is 5.32 Å². The third kappa shape index (κ3) is 4.88. The summed E-state index contributed by atoms with van der Waals surface area (Å²) in [7, 11) is 1.61. The van der Waals surface area contributed by atoms with Gasteiger partial charge in [0.25, 0.3) is 0 Å². The standard InChI is InChI=1S/C22H25FN2O3/c1-15(26)24-21-14-25(13-20(21)17-7-9-19(28-2)10-8-17)22(27)11-6-16-4-3-5-18(23)12-16/h3-5,7-10,12,20-21H,6,11,13-14H2,1-2H3,(H,24,26)/t20-,21+/m0/s1. The lowest BCUT2D eigenvalue weighted by Crippen LogP contribution is -2.39. The van der Waals surface area contributed by atoms with Crippen LogP contribution in [0.15, 0.2) is 48.5 Å². The number of amides is 2. The van der Waals surface area contributed by atoms with E-state index in [4.69, 9.17) is 4.74 Å². The summed E-state index contributed by atoms with van der Waals surface area (Å²) in [5.41, 5.74) is 1.86. The van der Waals surface area contributed by atoms with Gasteiger partial charge < -0.3 is 15.0 Å². The highest BCUT2D eigenvalue weighted by Gasteiger charge is 2.36. The summed E-state index contributed by atoms with van der Waals surface area (Å²) in [5.74, 6) is 0.387. The molecule has 2 atom stereocenters. The van der Waals surface area contributed by atoms with Gasteiger partial charge in [0.2, 0.25) is 11.8 Å². The van der Waals surface area contributed by atoms with Gasteiger partial charge in [-0.3, -0.25) is 9.59 Å². The van der Waals surface area contributed by atoms with Crippen molar-refractivity contribution in [3.63, 3.8) is 0 Å². The number of nitrogens with one attached hydrogen (secondary N) is 1. The van der Waals surface area contributed by atoms with Gasteiger partial charge in [0.05, 0.1) is 13.2 Å². The van der Waals surface area contributed by atoms with Crippen molar-refractivity contribution >= 4 is 11.8 Å². The van der Waals surface area contributed by atoms with Crippen molar-refractivity contribution < 1.29 is 18.7 Å². The van der Waals surface area contributed by atoms with Crippen molar-refractivity contribution in [2.75, 3.05) is 20.2 Å². The van der Waals surface area contributed by atoms with E-state index in [-0.39, 0.29) is 29.6 Å². The quantitative estimate of drug-likeness (QED) is 0.833. The Hall–Kier alpha value is -2.89. The zero-order valence-corrected chi connectivity index (χ0v) is 16.2. The van der Waals surface area contributed by atoms with E-state index in [0.29, 0.717) is 25.9 Å². The highest BCUT2D eigenvalue weighted by molar-refractivity contribution is 5.78. The smallest absolute Gasteiger partial charge is 0.222 e. The average Bonchev–Trinajstić information content (AvgIpc) is 3.09.